The first-order chi connectivity index (χ1) is 8.48. The maximum Gasteiger partial charge on any atom is 0.0272 e. The Balaban J connectivity index is 2.08. The molecule has 0 aromatic carbocycles. The molecule has 2 fully saturated rings. The molecule has 18 heavy (non-hydrogen) atoms. The first-order valence-electron chi connectivity index (χ1n) is 7.97. The molecule has 2 aliphatic rings. The lowest BCUT2D eigenvalue weighted by Crippen LogP contribution is -2.62. The molecule has 2 nitrogen and oxygen atoms in total. The van der Waals surface area contributed by atoms with E-state index in [4.69, 9.17) is 0 Å². The lowest BCUT2D eigenvalue weighted by Gasteiger charge is -2.49. The SMILES string of the molecule is CC1CN(C2CCCCCC2)C(C(C)(C)C)CN1. The van der Waals surface area contributed by atoms with Gasteiger partial charge in [-0.1, -0.05) is 46.5 Å². The quantitative estimate of drug-likeness (QED) is 0.719. The van der Waals surface area contributed by atoms with Crippen molar-refractivity contribution in [1.29, 1.82) is 0 Å². The van der Waals surface area contributed by atoms with Crippen LogP contribution in [0.5, 0.6) is 0 Å². The summed E-state index contributed by atoms with van der Waals surface area (Å²) in [7, 11) is 0. The normalized spacial score (nSPS) is 33.3. The van der Waals surface area contributed by atoms with Gasteiger partial charge >= 0.3 is 0 Å². The molecule has 0 amide bonds. The van der Waals surface area contributed by atoms with E-state index in [2.05, 4.69) is 37.9 Å². The highest BCUT2D eigenvalue weighted by Crippen LogP contribution is 2.32. The van der Waals surface area contributed by atoms with Crippen LogP contribution in [0, 0.1) is 5.41 Å². The molecule has 0 aromatic rings. The van der Waals surface area contributed by atoms with Gasteiger partial charge < -0.3 is 5.32 Å². The Hall–Kier alpha value is -0.0800. The second-order valence-electron chi connectivity index (χ2n) is 7.53. The minimum absolute atomic E-state index is 0.388. The first-order valence-corrected chi connectivity index (χ1v) is 7.97. The summed E-state index contributed by atoms with van der Waals surface area (Å²) in [6, 6.07) is 2.21. The Morgan fingerprint density at radius 1 is 1.00 bits per heavy atom. The zero-order valence-electron chi connectivity index (χ0n) is 12.8. The van der Waals surface area contributed by atoms with Crippen LogP contribution in [0.25, 0.3) is 0 Å². The fourth-order valence-corrected chi connectivity index (χ4v) is 3.73. The number of nitrogens with zero attached hydrogens (tertiary/aromatic N) is 1. The van der Waals surface area contributed by atoms with Crippen LogP contribution in [0.2, 0.25) is 0 Å². The second kappa shape index (κ2) is 5.92. The van der Waals surface area contributed by atoms with Crippen molar-refractivity contribution >= 4 is 0 Å². The molecule has 2 heteroatoms. The third-order valence-electron chi connectivity index (χ3n) is 4.84. The monoisotopic (exact) mass is 252 g/mol. The molecule has 0 aromatic heterocycles. The van der Waals surface area contributed by atoms with E-state index in [1.807, 2.05) is 0 Å². The highest BCUT2D eigenvalue weighted by Gasteiger charge is 2.37. The van der Waals surface area contributed by atoms with E-state index in [1.54, 1.807) is 0 Å². The molecular weight excluding hydrogens is 220 g/mol. The van der Waals surface area contributed by atoms with Gasteiger partial charge in [0.05, 0.1) is 0 Å². The second-order valence-corrected chi connectivity index (χ2v) is 7.53. The predicted molar refractivity (Wildman–Crippen MR) is 78.9 cm³/mol. The lowest BCUT2D eigenvalue weighted by molar-refractivity contribution is 0.0179. The Morgan fingerprint density at radius 3 is 2.17 bits per heavy atom. The Kier molecular flexibility index (Phi) is 4.71. The summed E-state index contributed by atoms with van der Waals surface area (Å²) in [5.74, 6) is 0. The molecule has 2 atom stereocenters. The molecule has 1 aliphatic heterocycles. The zero-order chi connectivity index (χ0) is 13.2. The fraction of sp³-hybridized carbons (Fsp3) is 1.00. The first kappa shape index (κ1) is 14.3. The van der Waals surface area contributed by atoms with Crippen molar-refractivity contribution in [2.75, 3.05) is 13.1 Å². The largest absolute Gasteiger partial charge is 0.311 e. The molecule has 0 bridgehead atoms. The molecule has 1 saturated heterocycles. The minimum Gasteiger partial charge on any atom is -0.311 e. The van der Waals surface area contributed by atoms with Crippen molar-refractivity contribution in [2.24, 2.45) is 5.41 Å². The molecule has 1 heterocycles. The van der Waals surface area contributed by atoms with E-state index in [1.165, 1.54) is 51.6 Å². The fourth-order valence-electron chi connectivity index (χ4n) is 3.73. The van der Waals surface area contributed by atoms with Gasteiger partial charge in [-0.25, -0.2) is 0 Å². The molecule has 2 rings (SSSR count). The van der Waals surface area contributed by atoms with Gasteiger partial charge in [0.1, 0.15) is 0 Å². The van der Waals surface area contributed by atoms with E-state index in [9.17, 15) is 0 Å². The van der Waals surface area contributed by atoms with E-state index in [0.29, 0.717) is 17.5 Å². The van der Waals surface area contributed by atoms with Crippen molar-refractivity contribution in [1.82, 2.24) is 10.2 Å². The Labute approximate surface area is 114 Å². The van der Waals surface area contributed by atoms with Crippen LogP contribution in [-0.2, 0) is 0 Å². The molecular formula is C16H32N2. The maximum absolute atomic E-state index is 3.68. The van der Waals surface area contributed by atoms with Crippen LogP contribution in [0.3, 0.4) is 0 Å². The third-order valence-corrected chi connectivity index (χ3v) is 4.84. The van der Waals surface area contributed by atoms with Gasteiger partial charge in [-0.2, -0.15) is 0 Å². The minimum atomic E-state index is 0.388. The molecule has 1 aliphatic carbocycles. The maximum atomic E-state index is 3.68. The van der Waals surface area contributed by atoms with Crippen molar-refractivity contribution in [3.8, 4) is 0 Å². The number of hydrogen-bond donors (Lipinski definition) is 1. The average molecular weight is 252 g/mol. The van der Waals surface area contributed by atoms with Crippen molar-refractivity contribution < 1.29 is 0 Å². The highest BCUT2D eigenvalue weighted by atomic mass is 15.3. The molecule has 1 N–H and O–H groups in total. The lowest BCUT2D eigenvalue weighted by atomic mass is 9.82. The van der Waals surface area contributed by atoms with E-state index >= 15 is 0 Å². The topological polar surface area (TPSA) is 15.3 Å². The van der Waals surface area contributed by atoms with Crippen molar-refractivity contribution in [2.45, 2.75) is 84.3 Å². The molecule has 1 saturated carbocycles. The summed E-state index contributed by atoms with van der Waals surface area (Å²) < 4.78 is 0. The van der Waals surface area contributed by atoms with Gasteiger partial charge in [-0.15, -0.1) is 0 Å². The molecule has 0 spiro atoms. The molecule has 106 valence electrons. The summed E-state index contributed by atoms with van der Waals surface area (Å²) in [5.41, 5.74) is 0.388. The Bertz CT molecular complexity index is 248. The summed E-state index contributed by atoms with van der Waals surface area (Å²) in [4.78, 5) is 2.85. The van der Waals surface area contributed by atoms with Crippen LogP contribution in [-0.4, -0.2) is 36.1 Å². The average Bonchev–Trinajstić information content (AvgIpc) is 2.55. The van der Waals surface area contributed by atoms with Crippen LogP contribution in [0.4, 0.5) is 0 Å². The smallest absolute Gasteiger partial charge is 0.0272 e. The van der Waals surface area contributed by atoms with Gasteiger partial charge in [-0.05, 0) is 25.2 Å². The van der Waals surface area contributed by atoms with Gasteiger partial charge in [0, 0.05) is 31.2 Å². The summed E-state index contributed by atoms with van der Waals surface area (Å²) in [5, 5.41) is 3.68. The van der Waals surface area contributed by atoms with Gasteiger partial charge in [-0.3, -0.25) is 4.90 Å². The molecule has 2 unspecified atom stereocenters. The van der Waals surface area contributed by atoms with E-state index in [-0.39, 0.29) is 0 Å². The summed E-state index contributed by atoms with van der Waals surface area (Å²) in [6.45, 7) is 12.0. The third kappa shape index (κ3) is 3.48. The standard InChI is InChI=1S/C16H32N2/c1-13-12-18(14-9-7-5-6-8-10-14)15(11-17-13)16(2,3)4/h13-15,17H,5-12H2,1-4H3. The van der Waals surface area contributed by atoms with Crippen LogP contribution < -0.4 is 5.32 Å². The number of piperazine rings is 1. The summed E-state index contributed by atoms with van der Waals surface area (Å²) >= 11 is 0. The van der Waals surface area contributed by atoms with Crippen molar-refractivity contribution in [3.63, 3.8) is 0 Å². The van der Waals surface area contributed by atoms with E-state index < -0.39 is 0 Å². The number of hydrogen-bond acceptors (Lipinski definition) is 2. The number of nitrogens with one attached hydrogen (secondary N) is 1. The van der Waals surface area contributed by atoms with Crippen LogP contribution in [0.1, 0.15) is 66.2 Å². The zero-order valence-corrected chi connectivity index (χ0v) is 12.8. The summed E-state index contributed by atoms with van der Waals surface area (Å²) in [6.07, 6.45) is 8.66. The highest BCUT2D eigenvalue weighted by molar-refractivity contribution is 4.94. The van der Waals surface area contributed by atoms with E-state index in [0.717, 1.165) is 6.04 Å². The number of rotatable bonds is 1. The predicted octanol–water partition coefficient (Wildman–Crippen LogP) is 3.42. The van der Waals surface area contributed by atoms with Crippen LogP contribution >= 0.6 is 0 Å². The van der Waals surface area contributed by atoms with Crippen molar-refractivity contribution in [3.05, 3.63) is 0 Å². The van der Waals surface area contributed by atoms with Gasteiger partial charge in [0.25, 0.3) is 0 Å². The van der Waals surface area contributed by atoms with Gasteiger partial charge in [0.2, 0.25) is 0 Å². The van der Waals surface area contributed by atoms with Crippen LogP contribution in [0.15, 0.2) is 0 Å². The Morgan fingerprint density at radius 2 is 1.61 bits per heavy atom. The van der Waals surface area contributed by atoms with Gasteiger partial charge in [0.15, 0.2) is 0 Å². The molecule has 0 radical (unpaired) electrons.